The van der Waals surface area contributed by atoms with Crippen LogP contribution in [0.25, 0.3) is 0 Å². The van der Waals surface area contributed by atoms with Crippen molar-refractivity contribution in [2.24, 2.45) is 0 Å². The molecule has 16 heavy (non-hydrogen) atoms. The molecular formula is C11H11F3N2. The van der Waals surface area contributed by atoms with Gasteiger partial charge >= 0.3 is 6.05 Å². The molecule has 2 aliphatic rings. The molecule has 0 aromatic heterocycles. The minimum Gasteiger partial charge on any atom is -0.221 e. The molecule has 1 fully saturated rings. The monoisotopic (exact) mass is 228 g/mol. The summed E-state index contributed by atoms with van der Waals surface area (Å²) in [4.78, 5) is 0.556. The normalized spacial score (nSPS) is 33.5. The van der Waals surface area contributed by atoms with Gasteiger partial charge in [-0.3, -0.25) is 0 Å². The van der Waals surface area contributed by atoms with Crippen molar-refractivity contribution < 1.29 is 13.2 Å². The Morgan fingerprint density at radius 2 is 2.12 bits per heavy atom. The van der Waals surface area contributed by atoms with Crippen LogP contribution in [-0.2, 0) is 0 Å². The molecule has 0 N–H and O–H groups in total. The number of nitrogens with zero attached hydrogens (tertiary/aromatic N) is 2. The van der Waals surface area contributed by atoms with Crippen LogP contribution in [0.5, 0.6) is 0 Å². The Bertz CT molecular complexity index is 395. The first-order chi connectivity index (χ1) is 7.48. The van der Waals surface area contributed by atoms with Crippen LogP contribution < -0.4 is 0 Å². The molecule has 1 aliphatic heterocycles. The molecule has 0 aromatic rings. The van der Waals surface area contributed by atoms with Crippen molar-refractivity contribution in [2.45, 2.75) is 31.1 Å². The lowest BCUT2D eigenvalue weighted by atomic mass is 9.98. The first-order valence-electron chi connectivity index (χ1n) is 5.11. The van der Waals surface area contributed by atoms with Crippen LogP contribution in [0.1, 0.15) is 19.3 Å². The molecule has 0 radical (unpaired) electrons. The first kappa shape index (κ1) is 11.2. The Kier molecular flexibility index (Phi) is 2.55. The fraction of sp³-hybridized carbons (Fsp3) is 0.545. The highest BCUT2D eigenvalue weighted by molar-refractivity contribution is 5.34. The SMILES string of the molecule is N#CC1=CC=CC(F)(N2CCCC2(F)F)C1. The van der Waals surface area contributed by atoms with Crippen molar-refractivity contribution >= 4 is 0 Å². The summed E-state index contributed by atoms with van der Waals surface area (Å²) >= 11 is 0. The summed E-state index contributed by atoms with van der Waals surface area (Å²) in [5, 5.41) is 8.67. The Balaban J connectivity index is 2.25. The fourth-order valence-electron chi connectivity index (χ4n) is 2.17. The number of hydrogen-bond acceptors (Lipinski definition) is 2. The van der Waals surface area contributed by atoms with Crippen LogP contribution in [0.2, 0.25) is 0 Å². The van der Waals surface area contributed by atoms with Crippen LogP contribution in [0, 0.1) is 11.3 Å². The predicted molar refractivity (Wildman–Crippen MR) is 52.2 cm³/mol. The second-order valence-corrected chi connectivity index (χ2v) is 4.08. The minimum absolute atomic E-state index is 0.0204. The summed E-state index contributed by atoms with van der Waals surface area (Å²) in [6.45, 7) is 0.0204. The van der Waals surface area contributed by atoms with Crippen LogP contribution in [0.15, 0.2) is 23.8 Å². The lowest BCUT2D eigenvalue weighted by Gasteiger charge is -2.37. The van der Waals surface area contributed by atoms with E-state index in [1.165, 1.54) is 12.2 Å². The number of hydrogen-bond donors (Lipinski definition) is 0. The predicted octanol–water partition coefficient (Wildman–Crippen LogP) is 2.75. The van der Waals surface area contributed by atoms with Gasteiger partial charge in [0.2, 0.25) is 0 Å². The van der Waals surface area contributed by atoms with Gasteiger partial charge in [-0.2, -0.15) is 14.0 Å². The van der Waals surface area contributed by atoms with Gasteiger partial charge in [0.1, 0.15) is 0 Å². The smallest absolute Gasteiger partial charge is 0.221 e. The van der Waals surface area contributed by atoms with E-state index in [1.54, 1.807) is 0 Å². The van der Waals surface area contributed by atoms with Gasteiger partial charge in [0.15, 0.2) is 5.79 Å². The molecule has 2 rings (SSSR count). The van der Waals surface area contributed by atoms with E-state index in [2.05, 4.69) is 0 Å². The minimum atomic E-state index is -3.11. The van der Waals surface area contributed by atoms with E-state index in [0.717, 1.165) is 6.08 Å². The zero-order valence-electron chi connectivity index (χ0n) is 8.59. The standard InChI is InChI=1S/C11H11F3N2/c12-10(4-1-3-9(7-10)8-15)16-6-2-5-11(16,13)14/h1,3-4H,2,5-7H2. The lowest BCUT2D eigenvalue weighted by Crippen LogP contribution is -2.50. The molecule has 1 saturated heterocycles. The molecule has 1 heterocycles. The average Bonchev–Trinajstić information content (AvgIpc) is 2.59. The van der Waals surface area contributed by atoms with Crippen molar-refractivity contribution in [3.05, 3.63) is 23.8 Å². The Hall–Kier alpha value is -1.28. The van der Waals surface area contributed by atoms with Crippen molar-refractivity contribution in [3.8, 4) is 6.07 Å². The molecule has 5 heteroatoms. The third-order valence-corrected chi connectivity index (χ3v) is 2.93. The number of rotatable bonds is 1. The number of alkyl halides is 3. The highest BCUT2D eigenvalue weighted by atomic mass is 19.3. The average molecular weight is 228 g/mol. The molecule has 0 spiro atoms. The van der Waals surface area contributed by atoms with E-state index in [9.17, 15) is 13.2 Å². The summed E-state index contributed by atoms with van der Waals surface area (Å²) < 4.78 is 41.2. The Labute approximate surface area is 91.6 Å². The van der Waals surface area contributed by atoms with E-state index in [-0.39, 0.29) is 31.4 Å². The van der Waals surface area contributed by atoms with Crippen LogP contribution >= 0.6 is 0 Å². The van der Waals surface area contributed by atoms with Gasteiger partial charge in [0.25, 0.3) is 0 Å². The summed E-state index contributed by atoms with van der Waals surface area (Å²) in [6, 6.07) is -1.31. The van der Waals surface area contributed by atoms with Gasteiger partial charge in [0, 0.05) is 25.0 Å². The highest BCUT2D eigenvalue weighted by Gasteiger charge is 2.52. The summed E-state index contributed by atoms with van der Waals surface area (Å²) in [5.74, 6) is -2.22. The molecular weight excluding hydrogens is 217 g/mol. The summed E-state index contributed by atoms with van der Waals surface area (Å²) in [6.07, 6.45) is 3.54. The fourth-order valence-corrected chi connectivity index (χ4v) is 2.17. The second-order valence-electron chi connectivity index (χ2n) is 4.08. The largest absolute Gasteiger partial charge is 0.307 e. The quantitative estimate of drug-likeness (QED) is 0.645. The Morgan fingerprint density at radius 1 is 1.38 bits per heavy atom. The van der Waals surface area contributed by atoms with Gasteiger partial charge in [-0.05, 0) is 18.6 Å². The van der Waals surface area contributed by atoms with Crippen LogP contribution in [0.3, 0.4) is 0 Å². The molecule has 1 atom stereocenters. The molecule has 0 saturated carbocycles. The van der Waals surface area contributed by atoms with E-state index in [1.807, 2.05) is 6.07 Å². The molecule has 0 amide bonds. The maximum atomic E-state index is 14.4. The third kappa shape index (κ3) is 1.74. The lowest BCUT2D eigenvalue weighted by molar-refractivity contribution is -0.186. The van der Waals surface area contributed by atoms with Crippen molar-refractivity contribution in [1.82, 2.24) is 4.90 Å². The number of likely N-dealkylation sites (tertiary alicyclic amines) is 1. The molecule has 86 valence electrons. The van der Waals surface area contributed by atoms with Crippen molar-refractivity contribution in [3.63, 3.8) is 0 Å². The van der Waals surface area contributed by atoms with Gasteiger partial charge in [0.05, 0.1) is 6.07 Å². The number of allylic oxidation sites excluding steroid dienone is 2. The van der Waals surface area contributed by atoms with E-state index >= 15 is 0 Å². The third-order valence-electron chi connectivity index (χ3n) is 2.93. The van der Waals surface area contributed by atoms with Gasteiger partial charge < -0.3 is 0 Å². The molecule has 1 unspecified atom stereocenters. The second kappa shape index (κ2) is 3.63. The summed E-state index contributed by atoms with van der Waals surface area (Å²) in [5.41, 5.74) is 0.188. The van der Waals surface area contributed by atoms with Gasteiger partial charge in [-0.1, -0.05) is 6.08 Å². The molecule has 2 nitrogen and oxygen atoms in total. The van der Waals surface area contributed by atoms with E-state index in [4.69, 9.17) is 5.26 Å². The Morgan fingerprint density at radius 3 is 2.69 bits per heavy atom. The highest BCUT2D eigenvalue weighted by Crippen LogP contribution is 2.42. The molecule has 0 bridgehead atoms. The maximum Gasteiger partial charge on any atom is 0.307 e. The van der Waals surface area contributed by atoms with E-state index < -0.39 is 11.8 Å². The van der Waals surface area contributed by atoms with E-state index in [0.29, 0.717) is 4.90 Å². The zero-order valence-corrected chi connectivity index (χ0v) is 8.59. The van der Waals surface area contributed by atoms with Crippen LogP contribution in [-0.4, -0.2) is 23.3 Å². The molecule has 0 aromatic carbocycles. The van der Waals surface area contributed by atoms with Crippen LogP contribution in [0.4, 0.5) is 13.2 Å². The van der Waals surface area contributed by atoms with Crippen molar-refractivity contribution in [1.29, 1.82) is 5.26 Å². The van der Waals surface area contributed by atoms with Crippen molar-refractivity contribution in [2.75, 3.05) is 6.54 Å². The zero-order chi connectivity index (χ0) is 11.8. The van der Waals surface area contributed by atoms with Gasteiger partial charge in [-0.25, -0.2) is 9.29 Å². The molecule has 1 aliphatic carbocycles. The first-order valence-corrected chi connectivity index (χ1v) is 5.11. The topological polar surface area (TPSA) is 27.0 Å². The summed E-state index contributed by atoms with van der Waals surface area (Å²) in [7, 11) is 0. The van der Waals surface area contributed by atoms with Gasteiger partial charge in [-0.15, -0.1) is 0 Å². The number of nitriles is 1. The maximum absolute atomic E-state index is 14.4. The number of halogens is 3.